The van der Waals surface area contributed by atoms with Crippen molar-refractivity contribution in [2.75, 3.05) is 0 Å². The van der Waals surface area contributed by atoms with Gasteiger partial charge in [-0.25, -0.2) is 4.98 Å². The molecule has 1 aromatic heterocycles. The van der Waals surface area contributed by atoms with Crippen molar-refractivity contribution in [2.24, 2.45) is 7.05 Å². The highest BCUT2D eigenvalue weighted by Gasteiger charge is 2.28. The van der Waals surface area contributed by atoms with Crippen LogP contribution in [-0.4, -0.2) is 15.3 Å². The Hall–Kier alpha value is -1.12. The molecule has 1 unspecified atom stereocenters. The van der Waals surface area contributed by atoms with E-state index in [0.29, 0.717) is 5.78 Å². The van der Waals surface area contributed by atoms with Gasteiger partial charge in [0.05, 0.1) is 5.92 Å². The number of rotatable bonds is 1. The molecule has 1 saturated carbocycles. The molecule has 1 heterocycles. The Balaban J connectivity index is 2.30. The number of nitrogens with zero attached hydrogens (tertiary/aromatic N) is 2. The van der Waals surface area contributed by atoms with Crippen molar-refractivity contribution >= 4 is 5.78 Å². The summed E-state index contributed by atoms with van der Waals surface area (Å²) in [7, 11) is 1.94. The first-order valence-corrected chi connectivity index (χ1v) is 4.29. The summed E-state index contributed by atoms with van der Waals surface area (Å²) >= 11 is 0. The molecule has 0 amide bonds. The highest BCUT2D eigenvalue weighted by atomic mass is 16.1. The van der Waals surface area contributed by atoms with Gasteiger partial charge in [-0.05, 0) is 12.8 Å². The Bertz CT molecular complexity index is 303. The molecule has 0 radical (unpaired) electrons. The quantitative estimate of drug-likeness (QED) is 0.626. The molecule has 1 atom stereocenters. The standard InChI is InChI=1S/C9H12N2O/c1-11-6-5-10-9(11)7-3-2-4-8(7)12/h5-7H,2-4H2,1H3. The molecule has 64 valence electrons. The Morgan fingerprint density at radius 1 is 1.67 bits per heavy atom. The molecule has 0 aromatic carbocycles. The van der Waals surface area contributed by atoms with Crippen LogP contribution in [0.3, 0.4) is 0 Å². The SMILES string of the molecule is Cn1ccnc1C1CCCC1=O. The van der Waals surface area contributed by atoms with Crippen molar-refractivity contribution in [3.8, 4) is 0 Å². The average molecular weight is 164 g/mol. The van der Waals surface area contributed by atoms with Gasteiger partial charge in [0.2, 0.25) is 0 Å². The van der Waals surface area contributed by atoms with Gasteiger partial charge < -0.3 is 4.57 Å². The number of hydrogen-bond acceptors (Lipinski definition) is 2. The van der Waals surface area contributed by atoms with E-state index >= 15 is 0 Å². The molecule has 1 aliphatic rings. The van der Waals surface area contributed by atoms with Gasteiger partial charge in [0, 0.05) is 25.9 Å². The van der Waals surface area contributed by atoms with Gasteiger partial charge in [-0.1, -0.05) is 0 Å². The fourth-order valence-corrected chi connectivity index (χ4v) is 1.80. The molecule has 0 bridgehead atoms. The topological polar surface area (TPSA) is 34.9 Å². The molecule has 3 nitrogen and oxygen atoms in total. The van der Waals surface area contributed by atoms with E-state index in [0.717, 1.165) is 25.1 Å². The van der Waals surface area contributed by atoms with Gasteiger partial charge in [-0.15, -0.1) is 0 Å². The van der Waals surface area contributed by atoms with Crippen LogP contribution in [0.25, 0.3) is 0 Å². The lowest BCUT2D eigenvalue weighted by Gasteiger charge is -2.06. The van der Waals surface area contributed by atoms with Gasteiger partial charge in [0.25, 0.3) is 0 Å². The number of carbonyl (C=O) groups excluding carboxylic acids is 1. The lowest BCUT2D eigenvalue weighted by atomic mass is 10.1. The summed E-state index contributed by atoms with van der Waals surface area (Å²) in [6.07, 6.45) is 6.37. The van der Waals surface area contributed by atoms with E-state index in [-0.39, 0.29) is 5.92 Å². The second-order valence-corrected chi connectivity index (χ2v) is 3.31. The zero-order valence-corrected chi connectivity index (χ0v) is 7.16. The summed E-state index contributed by atoms with van der Waals surface area (Å²) in [5, 5.41) is 0. The average Bonchev–Trinajstić information content (AvgIpc) is 2.59. The van der Waals surface area contributed by atoms with Crippen molar-refractivity contribution < 1.29 is 4.79 Å². The van der Waals surface area contributed by atoms with Crippen LogP contribution in [0.1, 0.15) is 31.0 Å². The van der Waals surface area contributed by atoms with E-state index in [1.165, 1.54) is 0 Å². The van der Waals surface area contributed by atoms with E-state index in [4.69, 9.17) is 0 Å². The third kappa shape index (κ3) is 1.05. The molecule has 0 saturated heterocycles. The predicted molar refractivity (Wildman–Crippen MR) is 44.8 cm³/mol. The molecule has 0 N–H and O–H groups in total. The van der Waals surface area contributed by atoms with Crippen molar-refractivity contribution in [3.05, 3.63) is 18.2 Å². The van der Waals surface area contributed by atoms with E-state index in [9.17, 15) is 4.79 Å². The van der Waals surface area contributed by atoms with Crippen LogP contribution in [0.15, 0.2) is 12.4 Å². The fourth-order valence-electron chi connectivity index (χ4n) is 1.80. The third-order valence-electron chi connectivity index (χ3n) is 2.47. The number of carbonyl (C=O) groups is 1. The van der Waals surface area contributed by atoms with E-state index in [1.807, 2.05) is 17.8 Å². The van der Waals surface area contributed by atoms with Crippen molar-refractivity contribution in [1.29, 1.82) is 0 Å². The van der Waals surface area contributed by atoms with Gasteiger partial charge in [0.1, 0.15) is 11.6 Å². The van der Waals surface area contributed by atoms with Crippen molar-refractivity contribution in [2.45, 2.75) is 25.2 Å². The monoisotopic (exact) mass is 164 g/mol. The van der Waals surface area contributed by atoms with Crippen LogP contribution < -0.4 is 0 Å². The first-order valence-electron chi connectivity index (χ1n) is 4.29. The number of aryl methyl sites for hydroxylation is 1. The molecule has 1 aliphatic carbocycles. The number of imidazole rings is 1. The maximum absolute atomic E-state index is 11.4. The highest BCUT2D eigenvalue weighted by molar-refractivity contribution is 5.86. The van der Waals surface area contributed by atoms with E-state index in [2.05, 4.69) is 4.98 Å². The summed E-state index contributed by atoms with van der Waals surface area (Å²) in [6, 6.07) is 0. The van der Waals surface area contributed by atoms with Gasteiger partial charge in [-0.2, -0.15) is 0 Å². The molecular weight excluding hydrogens is 152 g/mol. The van der Waals surface area contributed by atoms with Crippen LogP contribution >= 0.6 is 0 Å². The Labute approximate surface area is 71.4 Å². The highest BCUT2D eigenvalue weighted by Crippen LogP contribution is 2.29. The summed E-state index contributed by atoms with van der Waals surface area (Å²) in [5.41, 5.74) is 0. The largest absolute Gasteiger partial charge is 0.337 e. The van der Waals surface area contributed by atoms with E-state index < -0.39 is 0 Å². The number of ketones is 1. The predicted octanol–water partition coefficient (Wildman–Crippen LogP) is 1.26. The summed E-state index contributed by atoms with van der Waals surface area (Å²) in [4.78, 5) is 15.6. The van der Waals surface area contributed by atoms with Gasteiger partial charge >= 0.3 is 0 Å². The Kier molecular flexibility index (Phi) is 1.71. The van der Waals surface area contributed by atoms with Crippen LogP contribution in [-0.2, 0) is 11.8 Å². The summed E-state index contributed by atoms with van der Waals surface area (Å²) in [6.45, 7) is 0. The molecule has 0 spiro atoms. The second-order valence-electron chi connectivity index (χ2n) is 3.31. The molecule has 2 rings (SSSR count). The minimum absolute atomic E-state index is 0.0741. The maximum atomic E-state index is 11.4. The molecule has 12 heavy (non-hydrogen) atoms. The number of hydrogen-bond donors (Lipinski definition) is 0. The first kappa shape index (κ1) is 7.53. The van der Waals surface area contributed by atoms with Crippen LogP contribution in [0.2, 0.25) is 0 Å². The zero-order valence-electron chi connectivity index (χ0n) is 7.16. The lowest BCUT2D eigenvalue weighted by Crippen LogP contribution is -2.09. The number of Topliss-reactive ketones (excluding diaryl/α,β-unsaturated/α-hetero) is 1. The lowest BCUT2D eigenvalue weighted by molar-refractivity contribution is -0.118. The van der Waals surface area contributed by atoms with Crippen LogP contribution in [0, 0.1) is 0 Å². The summed E-state index contributed by atoms with van der Waals surface area (Å²) < 4.78 is 1.94. The second kappa shape index (κ2) is 2.73. The van der Waals surface area contributed by atoms with Gasteiger partial charge in [0.15, 0.2) is 0 Å². The van der Waals surface area contributed by atoms with E-state index in [1.54, 1.807) is 6.20 Å². The Morgan fingerprint density at radius 3 is 3.00 bits per heavy atom. The smallest absolute Gasteiger partial charge is 0.143 e. The minimum atomic E-state index is 0.0741. The molecule has 1 aromatic rings. The Morgan fingerprint density at radius 2 is 2.50 bits per heavy atom. The fraction of sp³-hybridized carbons (Fsp3) is 0.556. The minimum Gasteiger partial charge on any atom is -0.337 e. The van der Waals surface area contributed by atoms with Crippen LogP contribution in [0.5, 0.6) is 0 Å². The number of aromatic nitrogens is 2. The van der Waals surface area contributed by atoms with Crippen LogP contribution in [0.4, 0.5) is 0 Å². The molecule has 1 fully saturated rings. The third-order valence-corrected chi connectivity index (χ3v) is 2.47. The maximum Gasteiger partial charge on any atom is 0.143 e. The van der Waals surface area contributed by atoms with Crippen molar-refractivity contribution in [1.82, 2.24) is 9.55 Å². The van der Waals surface area contributed by atoms with Gasteiger partial charge in [-0.3, -0.25) is 4.79 Å². The molecular formula is C9H12N2O. The zero-order chi connectivity index (χ0) is 8.55. The normalized spacial score (nSPS) is 23.4. The first-order chi connectivity index (χ1) is 5.79. The molecule has 3 heteroatoms. The van der Waals surface area contributed by atoms with Crippen molar-refractivity contribution in [3.63, 3.8) is 0 Å². The summed E-state index contributed by atoms with van der Waals surface area (Å²) in [5.74, 6) is 1.35. The molecule has 0 aliphatic heterocycles.